The number of fused-ring (bicyclic) bond motifs is 5. The van der Waals surface area contributed by atoms with Gasteiger partial charge in [-0.2, -0.15) is 0 Å². The number of benzene rings is 1. The molecule has 1 amide bonds. The molecule has 57 heavy (non-hydrogen) atoms. The third-order valence-corrected chi connectivity index (χ3v) is 15.0. The first-order chi connectivity index (χ1) is 27.7. The fraction of sp³-hybridized carbons (Fsp3) is 0.776. The van der Waals surface area contributed by atoms with Crippen molar-refractivity contribution < 1.29 is 23.9 Å². The molecule has 0 saturated heterocycles. The zero-order valence-electron chi connectivity index (χ0n) is 36.3. The first kappa shape index (κ1) is 45.6. The number of rotatable bonds is 26. The second kappa shape index (κ2) is 23.9. The van der Waals surface area contributed by atoms with Crippen molar-refractivity contribution in [2.24, 2.45) is 23.2 Å². The van der Waals surface area contributed by atoms with Gasteiger partial charge in [-0.05, 0) is 105 Å². The minimum Gasteiger partial charge on any atom is -0.462 e. The smallest absolute Gasteiger partial charge is 0.311 e. The highest BCUT2D eigenvalue weighted by molar-refractivity contribution is 8.03. The van der Waals surface area contributed by atoms with E-state index < -0.39 is 0 Å². The number of hydrogen-bond donors (Lipinski definition) is 2. The van der Waals surface area contributed by atoms with Crippen LogP contribution in [0.2, 0.25) is 0 Å². The van der Waals surface area contributed by atoms with Crippen molar-refractivity contribution >= 4 is 29.6 Å². The summed E-state index contributed by atoms with van der Waals surface area (Å²) in [4.78, 5) is 40.5. The molecule has 0 bridgehead atoms. The monoisotopic (exact) mass is 807 g/mol. The number of esters is 2. The molecule has 1 aromatic carbocycles. The molecule has 2 saturated carbocycles. The molecule has 4 unspecified atom stereocenters. The summed E-state index contributed by atoms with van der Waals surface area (Å²) in [7, 11) is 0. The molecule has 1 aliphatic heterocycles. The molecule has 8 heteroatoms. The van der Waals surface area contributed by atoms with E-state index in [9.17, 15) is 14.4 Å². The largest absolute Gasteiger partial charge is 0.462 e. The molecule has 1 heterocycles. The predicted octanol–water partition coefficient (Wildman–Crippen LogP) is 12.8. The maximum atomic E-state index is 13.4. The molecule has 3 aliphatic carbocycles. The van der Waals surface area contributed by atoms with Crippen LogP contribution in [0.25, 0.3) is 0 Å². The number of nitrogens with one attached hydrogen (secondary N) is 2. The average molecular weight is 807 g/mol. The fourth-order valence-electron chi connectivity index (χ4n) is 10.9. The van der Waals surface area contributed by atoms with Crippen molar-refractivity contribution in [2.75, 3.05) is 0 Å². The Morgan fingerprint density at radius 3 is 2.04 bits per heavy atom. The molecule has 2 fully saturated rings. The summed E-state index contributed by atoms with van der Waals surface area (Å²) in [5, 5.41) is 6.41. The minimum absolute atomic E-state index is 0.0375. The van der Waals surface area contributed by atoms with Crippen LogP contribution >= 0.6 is 11.8 Å². The van der Waals surface area contributed by atoms with Gasteiger partial charge >= 0.3 is 11.9 Å². The van der Waals surface area contributed by atoms with Gasteiger partial charge < -0.3 is 20.1 Å². The standard InChI is InChI=1S/C49H78N2O5S/c1-5-7-9-11-13-15-17-19-21-23-45(53)55-39-27-29-40-37(33-39)25-28-42-41(40)31-32-49(4)43(56-46(54)24-22-20-18-16-14-12-10-8-6-2)34-38(47(42)49)26-30-44(52)51-48-50-35-36(3)57-48/h27,29,33,35,38,41-43,47-48,50H,5-26,28,30-32,34H2,1-4H3,(H,51,52)/t38-,41?,42?,43+,47?,48?,49-/m1/s1. The van der Waals surface area contributed by atoms with E-state index in [1.807, 2.05) is 12.3 Å². The number of aryl methyl sites for hydroxylation is 1. The lowest BCUT2D eigenvalue weighted by Gasteiger charge is -2.51. The maximum Gasteiger partial charge on any atom is 0.311 e. The van der Waals surface area contributed by atoms with Crippen LogP contribution in [-0.2, 0) is 25.5 Å². The Labute approximate surface area is 350 Å². The van der Waals surface area contributed by atoms with E-state index >= 15 is 0 Å². The zero-order valence-corrected chi connectivity index (χ0v) is 37.1. The lowest BCUT2D eigenvalue weighted by molar-refractivity contribution is -0.157. The van der Waals surface area contributed by atoms with Crippen LogP contribution in [0.5, 0.6) is 5.75 Å². The van der Waals surface area contributed by atoms with Crippen molar-refractivity contribution in [2.45, 2.75) is 219 Å². The molecule has 4 aliphatic rings. The highest BCUT2D eigenvalue weighted by Crippen LogP contribution is 2.64. The van der Waals surface area contributed by atoms with Gasteiger partial charge in [-0.1, -0.05) is 141 Å². The molecule has 0 spiro atoms. The Balaban J connectivity index is 1.15. The highest BCUT2D eigenvalue weighted by Gasteiger charge is 2.60. The van der Waals surface area contributed by atoms with Gasteiger partial charge in [-0.3, -0.25) is 14.4 Å². The van der Waals surface area contributed by atoms with Crippen molar-refractivity contribution in [3.63, 3.8) is 0 Å². The van der Waals surface area contributed by atoms with Gasteiger partial charge in [-0.25, -0.2) is 0 Å². The van der Waals surface area contributed by atoms with Gasteiger partial charge in [0, 0.05) is 35.8 Å². The summed E-state index contributed by atoms with van der Waals surface area (Å²) in [6.45, 7) is 8.96. The van der Waals surface area contributed by atoms with Crippen molar-refractivity contribution in [3.05, 3.63) is 40.4 Å². The molecule has 7 nitrogen and oxygen atoms in total. The number of amides is 1. The number of carbonyl (C=O) groups is 3. The molecular formula is C49H78N2O5S. The van der Waals surface area contributed by atoms with E-state index in [2.05, 4.69) is 50.5 Å². The Morgan fingerprint density at radius 2 is 1.42 bits per heavy atom. The summed E-state index contributed by atoms with van der Waals surface area (Å²) >= 11 is 1.64. The van der Waals surface area contributed by atoms with Crippen LogP contribution in [0.1, 0.15) is 212 Å². The van der Waals surface area contributed by atoms with E-state index in [1.54, 1.807) is 11.8 Å². The molecular weight excluding hydrogens is 729 g/mol. The number of carbonyl (C=O) groups excluding carboxylic acids is 3. The maximum absolute atomic E-state index is 13.4. The third-order valence-electron chi connectivity index (χ3n) is 14.0. The Hall–Kier alpha value is -2.48. The summed E-state index contributed by atoms with van der Waals surface area (Å²) in [6, 6.07) is 6.38. The number of thioether (sulfide) groups is 1. The van der Waals surface area contributed by atoms with Gasteiger partial charge in [-0.15, -0.1) is 0 Å². The Morgan fingerprint density at radius 1 is 0.807 bits per heavy atom. The number of ether oxygens (including phenoxy) is 2. The lowest BCUT2D eigenvalue weighted by atomic mass is 9.53. The summed E-state index contributed by atoms with van der Waals surface area (Å²) in [6.07, 6.45) is 31.2. The summed E-state index contributed by atoms with van der Waals surface area (Å²) < 4.78 is 12.4. The highest BCUT2D eigenvalue weighted by atomic mass is 32.2. The summed E-state index contributed by atoms with van der Waals surface area (Å²) in [5.74, 6) is 2.22. The quantitative estimate of drug-likeness (QED) is 0.0547. The second-order valence-electron chi connectivity index (χ2n) is 18.4. The molecule has 0 aromatic heterocycles. The Bertz CT molecular complexity index is 1450. The predicted molar refractivity (Wildman–Crippen MR) is 235 cm³/mol. The van der Waals surface area contributed by atoms with Crippen LogP contribution in [-0.4, -0.2) is 29.4 Å². The van der Waals surface area contributed by atoms with Crippen LogP contribution in [0.3, 0.4) is 0 Å². The number of allylic oxidation sites excluding steroid dienone is 1. The first-order valence-corrected chi connectivity index (χ1v) is 24.5. The van der Waals surface area contributed by atoms with Crippen LogP contribution < -0.4 is 15.4 Å². The van der Waals surface area contributed by atoms with Gasteiger partial charge in [0.15, 0.2) is 5.50 Å². The molecule has 1 aromatic rings. The molecule has 5 rings (SSSR count). The minimum atomic E-state index is -0.120. The fourth-order valence-corrected chi connectivity index (χ4v) is 11.8. The zero-order chi connectivity index (χ0) is 40.5. The van der Waals surface area contributed by atoms with E-state index in [-0.39, 0.29) is 34.9 Å². The van der Waals surface area contributed by atoms with Gasteiger partial charge in [0.25, 0.3) is 0 Å². The van der Waals surface area contributed by atoms with E-state index in [4.69, 9.17) is 9.47 Å². The van der Waals surface area contributed by atoms with E-state index in [0.29, 0.717) is 48.7 Å². The Kier molecular flexibility index (Phi) is 19.2. The third kappa shape index (κ3) is 13.8. The van der Waals surface area contributed by atoms with E-state index in [1.165, 1.54) is 106 Å². The normalized spacial score (nSPS) is 26.1. The molecule has 2 N–H and O–H groups in total. The summed E-state index contributed by atoms with van der Waals surface area (Å²) in [5.41, 5.74) is 2.52. The van der Waals surface area contributed by atoms with Gasteiger partial charge in [0.05, 0.1) is 0 Å². The second-order valence-corrected chi connectivity index (χ2v) is 19.7. The topological polar surface area (TPSA) is 93.7 Å². The van der Waals surface area contributed by atoms with Gasteiger partial charge in [0.2, 0.25) is 5.91 Å². The van der Waals surface area contributed by atoms with Crippen molar-refractivity contribution in [1.82, 2.24) is 10.6 Å². The first-order valence-electron chi connectivity index (χ1n) is 23.6. The molecule has 320 valence electrons. The van der Waals surface area contributed by atoms with E-state index in [0.717, 1.165) is 64.2 Å². The molecule has 0 radical (unpaired) electrons. The lowest BCUT2D eigenvalue weighted by Crippen LogP contribution is -2.46. The van der Waals surface area contributed by atoms with Crippen molar-refractivity contribution in [3.8, 4) is 5.75 Å². The average Bonchev–Trinajstić information content (AvgIpc) is 3.73. The van der Waals surface area contributed by atoms with Crippen LogP contribution in [0.15, 0.2) is 29.3 Å². The number of unbranched alkanes of at least 4 members (excludes halogenated alkanes) is 16. The van der Waals surface area contributed by atoms with Crippen LogP contribution in [0, 0.1) is 23.2 Å². The van der Waals surface area contributed by atoms with Crippen molar-refractivity contribution in [1.29, 1.82) is 0 Å². The van der Waals surface area contributed by atoms with Gasteiger partial charge in [0.1, 0.15) is 11.9 Å². The number of hydrogen-bond acceptors (Lipinski definition) is 7. The SMILES string of the molecule is CCCCCCCCCCCC(=O)Oc1ccc2c(c1)CCC1C2CC[C@@]2(C)C1[C@H](CCC(=O)NC1NC=C(C)S1)C[C@@H]2OC(=O)CCCCCCCCCCC. The van der Waals surface area contributed by atoms with Crippen LogP contribution in [0.4, 0.5) is 0 Å². The molecule has 7 atom stereocenters.